The molecular formula is C22H25NO2. The molecule has 130 valence electrons. The summed E-state index contributed by atoms with van der Waals surface area (Å²) in [6.45, 7) is 1.79. The van der Waals surface area contributed by atoms with Crippen molar-refractivity contribution in [1.29, 1.82) is 0 Å². The first kappa shape index (κ1) is 16.2. The maximum absolute atomic E-state index is 12.7. The number of rotatable bonds is 4. The fraction of sp³-hybridized carbons (Fsp3) is 0.409. The van der Waals surface area contributed by atoms with Crippen LogP contribution in [0.4, 0.5) is 0 Å². The number of ether oxygens (including phenoxy) is 1. The highest BCUT2D eigenvalue weighted by atomic mass is 16.5. The zero-order chi connectivity index (χ0) is 17.2. The average Bonchev–Trinajstić information content (AvgIpc) is 3.51. The topological polar surface area (TPSA) is 29.5 Å². The third-order valence-corrected chi connectivity index (χ3v) is 5.53. The minimum atomic E-state index is 0.273. The third-order valence-electron chi connectivity index (χ3n) is 5.53. The lowest BCUT2D eigenvalue weighted by atomic mass is 9.98. The number of likely N-dealkylation sites (tertiary alicyclic amines) is 1. The number of amides is 1. The summed E-state index contributed by atoms with van der Waals surface area (Å²) in [4.78, 5) is 14.7. The molecule has 0 atom stereocenters. The molecule has 0 aromatic heterocycles. The van der Waals surface area contributed by atoms with E-state index >= 15 is 0 Å². The molecule has 0 spiro atoms. The lowest BCUT2D eigenvalue weighted by Gasteiger charge is -2.29. The van der Waals surface area contributed by atoms with Gasteiger partial charge in [0.15, 0.2) is 0 Å². The standard InChI is InChI=1S/C22H25NO2/c1-25-21-10-8-18-4-2-3-5-19(18)20(21)9-11-22(24)23-14-12-17(13-15-23)16-6-7-16/h2-5,8,10H,6-7,9,11-15H2,1H3. The molecular weight excluding hydrogens is 310 g/mol. The highest BCUT2D eigenvalue weighted by molar-refractivity contribution is 5.88. The SMILES string of the molecule is COc1ccc2ccccc2c1CCC(=O)N1CCC(=C2CC2)CC1. The minimum absolute atomic E-state index is 0.273. The quantitative estimate of drug-likeness (QED) is 0.770. The van der Waals surface area contributed by atoms with Crippen LogP contribution in [0.2, 0.25) is 0 Å². The Morgan fingerprint density at radius 1 is 1.00 bits per heavy atom. The maximum atomic E-state index is 12.7. The number of hydrogen-bond acceptors (Lipinski definition) is 2. The van der Waals surface area contributed by atoms with Gasteiger partial charge in [-0.15, -0.1) is 0 Å². The van der Waals surface area contributed by atoms with Crippen LogP contribution in [-0.4, -0.2) is 31.0 Å². The van der Waals surface area contributed by atoms with Crippen molar-refractivity contribution >= 4 is 16.7 Å². The van der Waals surface area contributed by atoms with Crippen molar-refractivity contribution in [3.63, 3.8) is 0 Å². The predicted molar refractivity (Wildman–Crippen MR) is 101 cm³/mol. The summed E-state index contributed by atoms with van der Waals surface area (Å²) < 4.78 is 5.55. The van der Waals surface area contributed by atoms with E-state index in [1.54, 1.807) is 18.3 Å². The van der Waals surface area contributed by atoms with E-state index in [-0.39, 0.29) is 5.91 Å². The number of carbonyl (C=O) groups excluding carboxylic acids is 1. The molecule has 25 heavy (non-hydrogen) atoms. The Morgan fingerprint density at radius 2 is 1.72 bits per heavy atom. The van der Waals surface area contributed by atoms with Crippen LogP contribution in [0, 0.1) is 0 Å². The monoisotopic (exact) mass is 335 g/mol. The second-order valence-corrected chi connectivity index (χ2v) is 7.06. The van der Waals surface area contributed by atoms with Gasteiger partial charge in [0.25, 0.3) is 0 Å². The van der Waals surface area contributed by atoms with Gasteiger partial charge in [0.1, 0.15) is 5.75 Å². The summed E-state index contributed by atoms with van der Waals surface area (Å²) in [6.07, 6.45) is 6.04. The Kier molecular flexibility index (Phi) is 4.48. The van der Waals surface area contributed by atoms with Crippen molar-refractivity contribution in [2.45, 2.75) is 38.5 Å². The predicted octanol–water partition coefficient (Wildman–Crippen LogP) is 4.49. The third kappa shape index (κ3) is 3.41. The molecule has 2 aromatic carbocycles. The number of nitrogens with zero attached hydrogens (tertiary/aromatic N) is 1. The van der Waals surface area contributed by atoms with Gasteiger partial charge < -0.3 is 9.64 Å². The van der Waals surface area contributed by atoms with Gasteiger partial charge in [-0.05, 0) is 48.9 Å². The Balaban J connectivity index is 1.45. The summed E-state index contributed by atoms with van der Waals surface area (Å²) in [5.74, 6) is 1.15. The normalized spacial score (nSPS) is 17.1. The molecule has 0 unspecified atom stereocenters. The Hall–Kier alpha value is -2.29. The van der Waals surface area contributed by atoms with E-state index in [1.165, 1.54) is 23.6 Å². The van der Waals surface area contributed by atoms with Crippen LogP contribution in [0.5, 0.6) is 5.75 Å². The van der Waals surface area contributed by atoms with Gasteiger partial charge >= 0.3 is 0 Å². The molecule has 1 aliphatic carbocycles. The Bertz CT molecular complexity index is 821. The lowest BCUT2D eigenvalue weighted by Crippen LogP contribution is -2.36. The van der Waals surface area contributed by atoms with E-state index < -0.39 is 0 Å². The van der Waals surface area contributed by atoms with E-state index in [0.717, 1.165) is 43.7 Å². The fourth-order valence-corrected chi connectivity index (χ4v) is 3.95. The second-order valence-electron chi connectivity index (χ2n) is 7.06. The van der Waals surface area contributed by atoms with Gasteiger partial charge in [0.2, 0.25) is 5.91 Å². The molecule has 3 heteroatoms. The number of methoxy groups -OCH3 is 1. The van der Waals surface area contributed by atoms with Crippen LogP contribution in [0.25, 0.3) is 10.8 Å². The summed E-state index contributed by atoms with van der Waals surface area (Å²) in [6, 6.07) is 12.4. The molecule has 1 amide bonds. The summed E-state index contributed by atoms with van der Waals surface area (Å²) in [5.41, 5.74) is 4.43. The molecule has 0 radical (unpaired) electrons. The van der Waals surface area contributed by atoms with E-state index in [9.17, 15) is 4.79 Å². The molecule has 2 aromatic rings. The Labute approximate surface area is 149 Å². The first-order valence-electron chi connectivity index (χ1n) is 9.28. The first-order valence-corrected chi connectivity index (χ1v) is 9.28. The van der Waals surface area contributed by atoms with E-state index in [1.807, 2.05) is 23.1 Å². The van der Waals surface area contributed by atoms with Crippen molar-refractivity contribution in [1.82, 2.24) is 4.90 Å². The van der Waals surface area contributed by atoms with Gasteiger partial charge in [-0.1, -0.05) is 41.5 Å². The van der Waals surface area contributed by atoms with Crippen molar-refractivity contribution in [2.24, 2.45) is 0 Å². The lowest BCUT2D eigenvalue weighted by molar-refractivity contribution is -0.131. The molecule has 1 saturated heterocycles. The number of hydrogen-bond donors (Lipinski definition) is 0. The highest BCUT2D eigenvalue weighted by Crippen LogP contribution is 2.36. The first-order chi connectivity index (χ1) is 12.3. The molecule has 0 N–H and O–H groups in total. The van der Waals surface area contributed by atoms with E-state index in [0.29, 0.717) is 6.42 Å². The molecule has 2 fully saturated rings. The molecule has 1 heterocycles. The van der Waals surface area contributed by atoms with Gasteiger partial charge in [0.05, 0.1) is 7.11 Å². The second kappa shape index (κ2) is 6.91. The molecule has 1 saturated carbocycles. The van der Waals surface area contributed by atoms with Crippen molar-refractivity contribution in [2.75, 3.05) is 20.2 Å². The van der Waals surface area contributed by atoms with E-state index in [4.69, 9.17) is 4.74 Å². The smallest absolute Gasteiger partial charge is 0.222 e. The maximum Gasteiger partial charge on any atom is 0.222 e. The summed E-state index contributed by atoms with van der Waals surface area (Å²) in [5, 5.41) is 2.39. The molecule has 3 nitrogen and oxygen atoms in total. The number of benzene rings is 2. The summed E-state index contributed by atoms with van der Waals surface area (Å²) in [7, 11) is 1.70. The van der Waals surface area contributed by atoms with E-state index in [2.05, 4.69) is 18.2 Å². The Morgan fingerprint density at radius 3 is 2.44 bits per heavy atom. The van der Waals surface area contributed by atoms with Crippen LogP contribution in [0.15, 0.2) is 47.5 Å². The van der Waals surface area contributed by atoms with Crippen molar-refractivity contribution < 1.29 is 9.53 Å². The average molecular weight is 335 g/mol. The van der Waals surface area contributed by atoms with Crippen LogP contribution in [0.3, 0.4) is 0 Å². The number of aryl methyl sites for hydroxylation is 1. The van der Waals surface area contributed by atoms with Gasteiger partial charge in [-0.2, -0.15) is 0 Å². The van der Waals surface area contributed by atoms with Crippen LogP contribution in [0.1, 0.15) is 37.7 Å². The van der Waals surface area contributed by atoms with Gasteiger partial charge in [0, 0.05) is 25.1 Å². The fourth-order valence-electron chi connectivity index (χ4n) is 3.95. The van der Waals surface area contributed by atoms with Crippen LogP contribution < -0.4 is 4.74 Å². The number of fused-ring (bicyclic) bond motifs is 1. The number of piperidine rings is 1. The van der Waals surface area contributed by atoms with Gasteiger partial charge in [-0.3, -0.25) is 4.79 Å². The zero-order valence-corrected chi connectivity index (χ0v) is 14.9. The van der Waals surface area contributed by atoms with Gasteiger partial charge in [-0.25, -0.2) is 0 Å². The summed E-state index contributed by atoms with van der Waals surface area (Å²) >= 11 is 0. The molecule has 1 aliphatic heterocycles. The molecule has 4 rings (SSSR count). The van der Waals surface area contributed by atoms with Crippen molar-refractivity contribution in [3.05, 3.63) is 53.1 Å². The van der Waals surface area contributed by atoms with Crippen LogP contribution >= 0.6 is 0 Å². The van der Waals surface area contributed by atoms with Crippen molar-refractivity contribution in [3.8, 4) is 5.75 Å². The highest BCUT2D eigenvalue weighted by Gasteiger charge is 2.24. The number of allylic oxidation sites excluding steroid dienone is 1. The molecule has 2 aliphatic rings. The molecule has 0 bridgehead atoms. The zero-order valence-electron chi connectivity index (χ0n) is 14.9. The van der Waals surface area contributed by atoms with Crippen LogP contribution in [-0.2, 0) is 11.2 Å². The minimum Gasteiger partial charge on any atom is -0.496 e. The number of carbonyl (C=O) groups is 1. The largest absolute Gasteiger partial charge is 0.496 e.